The predicted octanol–water partition coefficient (Wildman–Crippen LogP) is 2.26. The molecular formula is C19H19N5O2. The number of methoxy groups -OCH3 is 1. The van der Waals surface area contributed by atoms with Gasteiger partial charge < -0.3 is 9.64 Å². The first kappa shape index (κ1) is 16.3. The van der Waals surface area contributed by atoms with E-state index in [4.69, 9.17) is 4.74 Å². The number of aromatic nitrogens is 4. The Kier molecular flexibility index (Phi) is 4.35. The minimum atomic E-state index is -0.0943. The Balaban J connectivity index is 1.60. The zero-order chi connectivity index (χ0) is 17.9. The maximum atomic E-state index is 12.7. The van der Waals surface area contributed by atoms with E-state index in [9.17, 15) is 4.79 Å². The van der Waals surface area contributed by atoms with Gasteiger partial charge >= 0.3 is 0 Å². The number of fused-ring (bicyclic) bond motifs is 1. The number of amides is 1. The van der Waals surface area contributed by atoms with Crippen LogP contribution < -0.4 is 4.74 Å². The number of hydrogen-bond donors (Lipinski definition) is 0. The number of benzene rings is 1. The zero-order valence-corrected chi connectivity index (χ0v) is 14.5. The van der Waals surface area contributed by atoms with E-state index in [1.165, 1.54) is 12.4 Å². The second-order valence-electron chi connectivity index (χ2n) is 6.15. The van der Waals surface area contributed by atoms with E-state index in [0.29, 0.717) is 18.8 Å². The Morgan fingerprint density at radius 1 is 1.15 bits per heavy atom. The number of carbonyl (C=O) groups excluding carboxylic acids is 1. The van der Waals surface area contributed by atoms with E-state index in [2.05, 4.69) is 15.1 Å². The molecule has 1 aromatic carbocycles. The van der Waals surface area contributed by atoms with Crippen molar-refractivity contribution < 1.29 is 9.53 Å². The van der Waals surface area contributed by atoms with Crippen LogP contribution in [0.2, 0.25) is 0 Å². The Labute approximate surface area is 151 Å². The van der Waals surface area contributed by atoms with Crippen LogP contribution in [0.3, 0.4) is 0 Å². The fourth-order valence-corrected chi connectivity index (χ4v) is 3.22. The molecule has 4 rings (SSSR count). The van der Waals surface area contributed by atoms with Gasteiger partial charge in [0.05, 0.1) is 25.2 Å². The van der Waals surface area contributed by atoms with Crippen LogP contribution in [0.1, 0.15) is 28.2 Å². The van der Waals surface area contributed by atoms with Crippen LogP contribution in [0.15, 0.2) is 49.1 Å². The summed E-state index contributed by atoms with van der Waals surface area (Å²) in [5.74, 6) is 0.718. The van der Waals surface area contributed by atoms with Crippen molar-refractivity contribution in [1.82, 2.24) is 24.6 Å². The largest absolute Gasteiger partial charge is 0.497 e. The van der Waals surface area contributed by atoms with Crippen LogP contribution in [0.4, 0.5) is 0 Å². The molecule has 0 saturated carbocycles. The second kappa shape index (κ2) is 6.95. The summed E-state index contributed by atoms with van der Waals surface area (Å²) in [4.78, 5) is 22.6. The monoisotopic (exact) mass is 349 g/mol. The summed E-state index contributed by atoms with van der Waals surface area (Å²) >= 11 is 0. The lowest BCUT2D eigenvalue weighted by molar-refractivity contribution is 0.0739. The molecule has 0 bridgehead atoms. The summed E-state index contributed by atoms with van der Waals surface area (Å²) in [6, 6.07) is 7.81. The van der Waals surface area contributed by atoms with E-state index in [1.54, 1.807) is 13.3 Å². The molecule has 0 atom stereocenters. The number of carbonyl (C=O) groups is 1. The highest BCUT2D eigenvalue weighted by atomic mass is 16.5. The van der Waals surface area contributed by atoms with Crippen molar-refractivity contribution in [3.63, 3.8) is 0 Å². The second-order valence-corrected chi connectivity index (χ2v) is 6.15. The summed E-state index contributed by atoms with van der Waals surface area (Å²) in [6.45, 7) is 1.22. The standard InChI is InChI=1S/C19H19N5O2/c1-26-16-6-4-15(5-7-16)24-18-3-2-10-23(13-14(18)11-22-24)19(25)17-12-20-8-9-21-17/h4-9,11-12H,2-3,10,13H2,1H3. The lowest BCUT2D eigenvalue weighted by Gasteiger charge is -2.19. The Morgan fingerprint density at radius 3 is 2.73 bits per heavy atom. The maximum Gasteiger partial charge on any atom is 0.274 e. The Morgan fingerprint density at radius 2 is 2.00 bits per heavy atom. The Bertz CT molecular complexity index is 905. The molecule has 0 fully saturated rings. The van der Waals surface area contributed by atoms with Gasteiger partial charge in [0, 0.05) is 36.7 Å². The van der Waals surface area contributed by atoms with Crippen molar-refractivity contribution in [2.45, 2.75) is 19.4 Å². The van der Waals surface area contributed by atoms with E-state index in [1.807, 2.05) is 40.0 Å². The topological polar surface area (TPSA) is 73.1 Å². The summed E-state index contributed by atoms with van der Waals surface area (Å²) < 4.78 is 7.17. The summed E-state index contributed by atoms with van der Waals surface area (Å²) in [7, 11) is 1.65. The van der Waals surface area contributed by atoms with Gasteiger partial charge in [0.25, 0.3) is 5.91 Å². The molecule has 0 N–H and O–H groups in total. The first-order valence-corrected chi connectivity index (χ1v) is 8.52. The van der Waals surface area contributed by atoms with Crippen LogP contribution in [0, 0.1) is 0 Å². The minimum Gasteiger partial charge on any atom is -0.497 e. The quantitative estimate of drug-likeness (QED) is 0.725. The van der Waals surface area contributed by atoms with Gasteiger partial charge in [-0.25, -0.2) is 9.67 Å². The molecule has 1 aliphatic rings. The van der Waals surface area contributed by atoms with Crippen LogP contribution in [0.5, 0.6) is 5.75 Å². The molecule has 3 heterocycles. The fraction of sp³-hybridized carbons (Fsp3) is 0.263. The maximum absolute atomic E-state index is 12.7. The molecule has 1 aliphatic heterocycles. The normalized spacial score (nSPS) is 13.8. The molecule has 1 amide bonds. The highest BCUT2D eigenvalue weighted by molar-refractivity contribution is 5.92. The van der Waals surface area contributed by atoms with Gasteiger partial charge in [-0.2, -0.15) is 5.10 Å². The third-order valence-corrected chi connectivity index (χ3v) is 4.54. The third kappa shape index (κ3) is 3.03. The first-order chi connectivity index (χ1) is 12.8. The van der Waals surface area contributed by atoms with Crippen molar-refractivity contribution in [3.05, 3.63) is 66.0 Å². The van der Waals surface area contributed by atoms with Gasteiger partial charge in [0.2, 0.25) is 0 Å². The molecular weight excluding hydrogens is 330 g/mol. The highest BCUT2D eigenvalue weighted by Gasteiger charge is 2.24. The van der Waals surface area contributed by atoms with Gasteiger partial charge in [0.1, 0.15) is 11.4 Å². The first-order valence-electron chi connectivity index (χ1n) is 8.52. The molecule has 26 heavy (non-hydrogen) atoms. The lowest BCUT2D eigenvalue weighted by Crippen LogP contribution is -2.31. The molecule has 0 saturated heterocycles. The molecule has 3 aromatic rings. The molecule has 0 aliphatic carbocycles. The summed E-state index contributed by atoms with van der Waals surface area (Å²) in [5.41, 5.74) is 3.57. The fourth-order valence-electron chi connectivity index (χ4n) is 3.22. The van der Waals surface area contributed by atoms with Crippen LogP contribution in [-0.4, -0.2) is 44.2 Å². The van der Waals surface area contributed by atoms with Gasteiger partial charge in [-0.15, -0.1) is 0 Å². The molecule has 7 heteroatoms. The highest BCUT2D eigenvalue weighted by Crippen LogP contribution is 2.23. The van der Waals surface area contributed by atoms with E-state index in [0.717, 1.165) is 35.5 Å². The van der Waals surface area contributed by atoms with Gasteiger partial charge in [0.15, 0.2) is 0 Å². The van der Waals surface area contributed by atoms with Crippen LogP contribution in [0.25, 0.3) is 5.69 Å². The molecule has 0 radical (unpaired) electrons. The van der Waals surface area contributed by atoms with E-state index < -0.39 is 0 Å². The van der Waals surface area contributed by atoms with Gasteiger partial charge in [-0.05, 0) is 37.1 Å². The van der Waals surface area contributed by atoms with Crippen LogP contribution >= 0.6 is 0 Å². The Hall–Kier alpha value is -3.22. The van der Waals surface area contributed by atoms with Gasteiger partial charge in [-0.1, -0.05) is 0 Å². The molecule has 132 valence electrons. The molecule has 0 spiro atoms. The van der Waals surface area contributed by atoms with E-state index in [-0.39, 0.29) is 5.91 Å². The van der Waals surface area contributed by atoms with Gasteiger partial charge in [-0.3, -0.25) is 9.78 Å². The van der Waals surface area contributed by atoms with Crippen molar-refractivity contribution >= 4 is 5.91 Å². The zero-order valence-electron chi connectivity index (χ0n) is 14.5. The molecule has 2 aromatic heterocycles. The number of rotatable bonds is 3. The summed E-state index contributed by atoms with van der Waals surface area (Å²) in [5, 5.41) is 4.54. The lowest BCUT2D eigenvalue weighted by atomic mass is 10.2. The molecule has 0 unspecified atom stereocenters. The molecule has 7 nitrogen and oxygen atoms in total. The average molecular weight is 349 g/mol. The van der Waals surface area contributed by atoms with E-state index >= 15 is 0 Å². The SMILES string of the molecule is COc1ccc(-n2ncc3c2CCCN(C(=O)c2cnccn2)C3)cc1. The summed E-state index contributed by atoms with van der Waals surface area (Å²) in [6.07, 6.45) is 8.21. The predicted molar refractivity (Wildman–Crippen MR) is 95.2 cm³/mol. The minimum absolute atomic E-state index is 0.0943. The van der Waals surface area contributed by atoms with Crippen molar-refractivity contribution in [1.29, 1.82) is 0 Å². The third-order valence-electron chi connectivity index (χ3n) is 4.54. The number of ether oxygens (including phenoxy) is 1. The number of nitrogens with zero attached hydrogens (tertiary/aromatic N) is 5. The smallest absolute Gasteiger partial charge is 0.274 e. The van der Waals surface area contributed by atoms with Crippen molar-refractivity contribution in [2.75, 3.05) is 13.7 Å². The van der Waals surface area contributed by atoms with Crippen LogP contribution in [-0.2, 0) is 13.0 Å². The average Bonchev–Trinajstić information content (AvgIpc) is 2.97. The van der Waals surface area contributed by atoms with Crippen molar-refractivity contribution in [2.24, 2.45) is 0 Å². The van der Waals surface area contributed by atoms with Crippen molar-refractivity contribution in [3.8, 4) is 11.4 Å². The number of hydrogen-bond acceptors (Lipinski definition) is 5.